The average molecular weight is 567 g/mol. The van der Waals surface area contributed by atoms with Crippen LogP contribution in [0.4, 0.5) is 0 Å². The van der Waals surface area contributed by atoms with E-state index < -0.39 is 0 Å². The van der Waals surface area contributed by atoms with Gasteiger partial charge in [-0.25, -0.2) is 4.98 Å². The summed E-state index contributed by atoms with van der Waals surface area (Å²) < 4.78 is 7.82. The molecule has 1 aromatic heterocycles. The van der Waals surface area contributed by atoms with E-state index in [0.29, 0.717) is 35.1 Å². The summed E-state index contributed by atoms with van der Waals surface area (Å²) in [7, 11) is 0. The molecular weight excluding hydrogens is 528 g/mol. The van der Waals surface area contributed by atoms with Gasteiger partial charge in [0.15, 0.2) is 0 Å². The summed E-state index contributed by atoms with van der Waals surface area (Å²) >= 11 is 6.32. The second-order valence-electron chi connectivity index (χ2n) is 10.9. The summed E-state index contributed by atoms with van der Waals surface area (Å²) in [5.74, 6) is 1.73. The summed E-state index contributed by atoms with van der Waals surface area (Å²) in [6.45, 7) is 8.17. The van der Waals surface area contributed by atoms with Crippen LogP contribution in [-0.4, -0.2) is 45.2 Å². The number of aromatic nitrogens is 2. The van der Waals surface area contributed by atoms with Crippen LogP contribution in [0, 0.1) is 5.92 Å². The fourth-order valence-electron chi connectivity index (χ4n) is 4.75. The number of aliphatic hydroxyl groups is 1. The molecule has 0 spiro atoms. The number of carbonyl (C=O) groups excluding carboxylic acids is 2. The number of carbonyl (C=O) groups is 2. The fraction of sp³-hybridized carbons (Fsp3) is 0.452. The molecule has 0 saturated heterocycles. The maximum atomic E-state index is 13.0. The number of imidazole rings is 1. The predicted molar refractivity (Wildman–Crippen MR) is 156 cm³/mol. The number of nitrogens with one attached hydrogen (secondary N) is 2. The third-order valence-corrected chi connectivity index (χ3v) is 7.16. The largest absolute Gasteiger partial charge is 0.489 e. The van der Waals surface area contributed by atoms with Gasteiger partial charge in [-0.05, 0) is 76.1 Å². The Morgan fingerprint density at radius 1 is 1.12 bits per heavy atom. The first-order chi connectivity index (χ1) is 19.1. The molecule has 3 N–H and O–H groups in total. The van der Waals surface area contributed by atoms with E-state index in [2.05, 4.69) is 21.4 Å². The fourth-order valence-corrected chi connectivity index (χ4v) is 4.97. The van der Waals surface area contributed by atoms with E-state index >= 15 is 0 Å². The molecule has 2 atom stereocenters. The molecule has 1 aliphatic carbocycles. The Kier molecular flexibility index (Phi) is 9.87. The number of amides is 2. The normalized spacial score (nSPS) is 14.6. The van der Waals surface area contributed by atoms with Crippen LogP contribution < -0.4 is 15.4 Å². The summed E-state index contributed by atoms with van der Waals surface area (Å²) in [5, 5.41) is 16.0. The van der Waals surface area contributed by atoms with Crippen LogP contribution in [0.25, 0.3) is 11.3 Å². The SMILES string of the molecule is CC(=O)NC(C)c1nc(-c2ccc(CC(CCO)NC(=O)c3ccc(OC(C)C)c(Cl)c3)cc2)cn1CC1CC1. The highest BCUT2D eigenvalue weighted by molar-refractivity contribution is 6.32. The van der Waals surface area contributed by atoms with E-state index in [1.165, 1.54) is 19.8 Å². The first kappa shape index (κ1) is 29.6. The standard InChI is InChI=1S/C31H39ClN4O4/c1-19(2)40-29-12-11-25(16-27(29)32)31(39)34-26(13-14-37)15-22-7-9-24(10-8-22)28-18-36(17-23-5-6-23)30(35-28)20(3)33-21(4)38/h7-12,16,18-20,23,26,37H,5-6,13-15,17H2,1-4H3,(H,33,38)(H,34,39). The second-order valence-corrected chi connectivity index (χ2v) is 11.3. The van der Waals surface area contributed by atoms with Crippen LogP contribution in [0.2, 0.25) is 5.02 Å². The minimum Gasteiger partial charge on any atom is -0.489 e. The maximum Gasteiger partial charge on any atom is 0.251 e. The average Bonchev–Trinajstić information content (AvgIpc) is 3.61. The van der Waals surface area contributed by atoms with E-state index in [9.17, 15) is 14.7 Å². The van der Waals surface area contributed by atoms with Crippen molar-refractivity contribution in [1.29, 1.82) is 0 Å². The summed E-state index contributed by atoms with van der Waals surface area (Å²) in [6, 6.07) is 12.7. The lowest BCUT2D eigenvalue weighted by atomic mass is 10.0. The number of hydrogen-bond donors (Lipinski definition) is 3. The van der Waals surface area contributed by atoms with Crippen molar-refractivity contribution in [2.45, 2.75) is 78.1 Å². The van der Waals surface area contributed by atoms with Gasteiger partial charge < -0.3 is 25.0 Å². The first-order valence-electron chi connectivity index (χ1n) is 13.9. The Bertz CT molecular complexity index is 1320. The van der Waals surface area contributed by atoms with E-state index in [1.54, 1.807) is 18.2 Å². The van der Waals surface area contributed by atoms with Gasteiger partial charge in [0.25, 0.3) is 5.91 Å². The molecule has 0 aliphatic heterocycles. The zero-order valence-corrected chi connectivity index (χ0v) is 24.4. The van der Waals surface area contributed by atoms with Crippen molar-refractivity contribution in [2.24, 2.45) is 5.92 Å². The van der Waals surface area contributed by atoms with Gasteiger partial charge in [0.2, 0.25) is 5.91 Å². The molecule has 40 heavy (non-hydrogen) atoms. The second kappa shape index (κ2) is 13.3. The Labute approximate surface area is 241 Å². The molecule has 2 amide bonds. The smallest absolute Gasteiger partial charge is 0.251 e. The molecule has 214 valence electrons. The molecule has 0 bridgehead atoms. The highest BCUT2D eigenvalue weighted by Gasteiger charge is 2.25. The van der Waals surface area contributed by atoms with Crippen molar-refractivity contribution in [3.8, 4) is 17.0 Å². The van der Waals surface area contributed by atoms with Crippen LogP contribution in [0.5, 0.6) is 5.75 Å². The van der Waals surface area contributed by atoms with Crippen LogP contribution in [0.1, 0.15) is 74.7 Å². The van der Waals surface area contributed by atoms with Gasteiger partial charge in [0, 0.05) is 43.4 Å². The van der Waals surface area contributed by atoms with Gasteiger partial charge in [-0.15, -0.1) is 0 Å². The molecule has 8 nitrogen and oxygen atoms in total. The monoisotopic (exact) mass is 566 g/mol. The number of hydrogen-bond acceptors (Lipinski definition) is 5. The molecule has 1 fully saturated rings. The molecule has 4 rings (SSSR count). The van der Waals surface area contributed by atoms with Crippen LogP contribution in [-0.2, 0) is 17.8 Å². The van der Waals surface area contributed by atoms with Crippen LogP contribution in [0.15, 0.2) is 48.7 Å². The van der Waals surface area contributed by atoms with Gasteiger partial charge in [-0.3, -0.25) is 9.59 Å². The van der Waals surface area contributed by atoms with Gasteiger partial charge in [0.1, 0.15) is 11.6 Å². The lowest BCUT2D eigenvalue weighted by Gasteiger charge is -2.19. The maximum absolute atomic E-state index is 13.0. The molecular formula is C31H39ClN4O4. The van der Waals surface area contributed by atoms with Crippen LogP contribution in [0.3, 0.4) is 0 Å². The van der Waals surface area contributed by atoms with Crippen molar-refractivity contribution in [3.05, 3.63) is 70.6 Å². The molecule has 2 aromatic carbocycles. The molecule has 2 unspecified atom stereocenters. The van der Waals surface area contributed by atoms with E-state index in [1.807, 2.05) is 45.0 Å². The lowest BCUT2D eigenvalue weighted by Crippen LogP contribution is -2.37. The van der Waals surface area contributed by atoms with Gasteiger partial charge >= 0.3 is 0 Å². The Morgan fingerprint density at radius 2 is 1.85 bits per heavy atom. The Morgan fingerprint density at radius 3 is 2.45 bits per heavy atom. The number of halogens is 1. The number of rotatable bonds is 13. The zero-order valence-electron chi connectivity index (χ0n) is 23.6. The van der Waals surface area contributed by atoms with Crippen LogP contribution >= 0.6 is 11.6 Å². The number of benzene rings is 2. The topological polar surface area (TPSA) is 105 Å². The van der Waals surface area contributed by atoms with Gasteiger partial charge in [-0.1, -0.05) is 35.9 Å². The number of ether oxygens (including phenoxy) is 1. The van der Waals surface area contributed by atoms with E-state index in [4.69, 9.17) is 21.3 Å². The quantitative estimate of drug-likeness (QED) is 0.260. The predicted octanol–water partition coefficient (Wildman–Crippen LogP) is 5.32. The minimum atomic E-state index is -0.255. The molecule has 1 saturated carbocycles. The van der Waals surface area contributed by atoms with Crippen molar-refractivity contribution < 1.29 is 19.4 Å². The van der Waals surface area contributed by atoms with Crippen molar-refractivity contribution >= 4 is 23.4 Å². The summed E-state index contributed by atoms with van der Waals surface area (Å²) in [5.41, 5.74) is 3.31. The Hall–Kier alpha value is -3.36. The third-order valence-electron chi connectivity index (χ3n) is 6.87. The van der Waals surface area contributed by atoms with Crippen molar-refractivity contribution in [1.82, 2.24) is 20.2 Å². The molecule has 1 heterocycles. The van der Waals surface area contributed by atoms with Gasteiger partial charge in [-0.2, -0.15) is 0 Å². The minimum absolute atomic E-state index is 0.0229. The van der Waals surface area contributed by atoms with Crippen molar-refractivity contribution in [2.75, 3.05) is 6.61 Å². The summed E-state index contributed by atoms with van der Waals surface area (Å²) in [6.07, 6.45) is 5.49. The number of aliphatic hydroxyl groups excluding tert-OH is 1. The first-order valence-corrected chi connectivity index (χ1v) is 14.3. The summed E-state index contributed by atoms with van der Waals surface area (Å²) in [4.78, 5) is 29.5. The highest BCUT2D eigenvalue weighted by atomic mass is 35.5. The highest BCUT2D eigenvalue weighted by Crippen LogP contribution is 2.33. The molecule has 0 radical (unpaired) electrons. The Balaban J connectivity index is 1.44. The van der Waals surface area contributed by atoms with E-state index in [-0.39, 0.29) is 36.6 Å². The molecule has 9 heteroatoms. The molecule has 3 aromatic rings. The van der Waals surface area contributed by atoms with Gasteiger partial charge in [0.05, 0.1) is 22.9 Å². The van der Waals surface area contributed by atoms with Crippen molar-refractivity contribution in [3.63, 3.8) is 0 Å². The lowest BCUT2D eigenvalue weighted by molar-refractivity contribution is -0.119. The molecule has 1 aliphatic rings. The third kappa shape index (κ3) is 8.08. The zero-order chi connectivity index (χ0) is 28.8. The number of nitrogens with zero attached hydrogens (tertiary/aromatic N) is 2. The van der Waals surface area contributed by atoms with E-state index in [0.717, 1.165) is 29.2 Å².